The van der Waals surface area contributed by atoms with E-state index in [0.29, 0.717) is 12.3 Å². The second-order valence-electron chi connectivity index (χ2n) is 5.85. The predicted molar refractivity (Wildman–Crippen MR) is 63.6 cm³/mol. The van der Waals surface area contributed by atoms with Gasteiger partial charge in [0.1, 0.15) is 5.60 Å². The van der Waals surface area contributed by atoms with E-state index in [0.717, 1.165) is 19.3 Å². The lowest BCUT2D eigenvalue weighted by atomic mass is 9.75. The van der Waals surface area contributed by atoms with Crippen molar-refractivity contribution in [1.29, 1.82) is 0 Å². The normalized spacial score (nSPS) is 49.2. The molecule has 2 aliphatic heterocycles. The van der Waals surface area contributed by atoms with Crippen molar-refractivity contribution >= 4 is 11.9 Å². The van der Waals surface area contributed by atoms with Crippen molar-refractivity contribution in [3.05, 3.63) is 0 Å². The van der Waals surface area contributed by atoms with Crippen LogP contribution in [0.2, 0.25) is 0 Å². The van der Waals surface area contributed by atoms with Crippen LogP contribution in [-0.4, -0.2) is 23.1 Å². The van der Waals surface area contributed by atoms with E-state index in [2.05, 4.69) is 6.92 Å². The predicted octanol–water partition coefficient (Wildman–Crippen LogP) is 2.06. The summed E-state index contributed by atoms with van der Waals surface area (Å²) in [4.78, 5) is 24.4. The molecule has 4 heteroatoms. The molecule has 100 valence electrons. The maximum absolute atomic E-state index is 12.2. The molecule has 5 atom stereocenters. The minimum absolute atomic E-state index is 0.0649. The number of carbonyl (C=O) groups excluding carboxylic acids is 2. The molecule has 3 aliphatic rings. The summed E-state index contributed by atoms with van der Waals surface area (Å²) in [5.41, 5.74) is -1.44. The van der Waals surface area contributed by atoms with E-state index in [1.807, 2.05) is 13.8 Å². The lowest BCUT2D eigenvalue weighted by Crippen LogP contribution is -2.42. The third-order valence-electron chi connectivity index (χ3n) is 5.39. The third-order valence-corrected chi connectivity index (χ3v) is 5.39. The Kier molecular flexibility index (Phi) is 2.32. The molecule has 1 aliphatic carbocycles. The second kappa shape index (κ2) is 3.49. The average molecular weight is 252 g/mol. The smallest absolute Gasteiger partial charge is 0.351 e. The van der Waals surface area contributed by atoms with E-state index in [-0.39, 0.29) is 23.8 Å². The zero-order valence-corrected chi connectivity index (χ0v) is 11.2. The minimum atomic E-state index is -0.984. The van der Waals surface area contributed by atoms with Crippen LogP contribution in [0.3, 0.4) is 0 Å². The summed E-state index contributed by atoms with van der Waals surface area (Å²) in [7, 11) is 0. The second-order valence-corrected chi connectivity index (χ2v) is 5.85. The van der Waals surface area contributed by atoms with Crippen molar-refractivity contribution in [3.63, 3.8) is 0 Å². The van der Waals surface area contributed by atoms with Gasteiger partial charge in [-0.2, -0.15) is 0 Å². The van der Waals surface area contributed by atoms with Gasteiger partial charge in [0, 0.05) is 0 Å². The Morgan fingerprint density at radius 1 is 1.17 bits per heavy atom. The van der Waals surface area contributed by atoms with Crippen molar-refractivity contribution in [3.8, 4) is 0 Å². The van der Waals surface area contributed by atoms with Crippen LogP contribution >= 0.6 is 0 Å². The van der Waals surface area contributed by atoms with Crippen LogP contribution in [0.5, 0.6) is 0 Å². The molecule has 1 saturated carbocycles. The topological polar surface area (TPSA) is 52.6 Å². The van der Waals surface area contributed by atoms with E-state index >= 15 is 0 Å². The summed E-state index contributed by atoms with van der Waals surface area (Å²) in [6.45, 7) is 6.04. The van der Waals surface area contributed by atoms with Gasteiger partial charge in [0.2, 0.25) is 5.60 Å². The van der Waals surface area contributed by atoms with Crippen molar-refractivity contribution in [2.45, 2.75) is 57.7 Å². The zero-order valence-electron chi connectivity index (χ0n) is 11.2. The highest BCUT2D eigenvalue weighted by atomic mass is 16.6. The van der Waals surface area contributed by atoms with Gasteiger partial charge >= 0.3 is 11.9 Å². The van der Waals surface area contributed by atoms with Gasteiger partial charge in [0.05, 0.1) is 11.8 Å². The van der Waals surface area contributed by atoms with Crippen LogP contribution in [-0.2, 0) is 19.1 Å². The highest BCUT2D eigenvalue weighted by Gasteiger charge is 2.77. The summed E-state index contributed by atoms with van der Waals surface area (Å²) in [5.74, 6) is -0.404. The molecule has 0 amide bonds. The van der Waals surface area contributed by atoms with Gasteiger partial charge in [0.25, 0.3) is 0 Å². The summed E-state index contributed by atoms with van der Waals surface area (Å²) in [5, 5.41) is 0. The van der Waals surface area contributed by atoms with Crippen LogP contribution in [0.25, 0.3) is 0 Å². The van der Waals surface area contributed by atoms with E-state index in [1.54, 1.807) is 0 Å². The Balaban J connectivity index is 2.12. The van der Waals surface area contributed by atoms with Crippen LogP contribution in [0, 0.1) is 17.8 Å². The fourth-order valence-corrected chi connectivity index (χ4v) is 4.47. The SMILES string of the molecule is CCC1CC2(CC)OC(=O)C3(CC)OC(=O)C1C23. The van der Waals surface area contributed by atoms with Crippen molar-refractivity contribution in [2.75, 3.05) is 0 Å². The third kappa shape index (κ3) is 1.08. The summed E-state index contributed by atoms with van der Waals surface area (Å²) in [6.07, 6.45) is 3.05. The molecule has 0 radical (unpaired) electrons. The van der Waals surface area contributed by atoms with Gasteiger partial charge in [-0.15, -0.1) is 0 Å². The highest BCUT2D eigenvalue weighted by molar-refractivity contribution is 5.92. The molecule has 0 spiro atoms. The molecule has 0 bridgehead atoms. The number of carbonyl (C=O) groups is 2. The summed E-state index contributed by atoms with van der Waals surface area (Å²) < 4.78 is 11.2. The quantitative estimate of drug-likeness (QED) is 0.721. The molecule has 0 aromatic heterocycles. The number of rotatable bonds is 3. The fourth-order valence-electron chi connectivity index (χ4n) is 4.47. The molecule has 18 heavy (non-hydrogen) atoms. The van der Waals surface area contributed by atoms with Crippen molar-refractivity contribution in [2.24, 2.45) is 17.8 Å². The number of esters is 2. The van der Waals surface area contributed by atoms with Crippen molar-refractivity contribution < 1.29 is 19.1 Å². The van der Waals surface area contributed by atoms with E-state index in [9.17, 15) is 9.59 Å². The van der Waals surface area contributed by atoms with Gasteiger partial charge in [-0.3, -0.25) is 4.79 Å². The van der Waals surface area contributed by atoms with Gasteiger partial charge < -0.3 is 9.47 Å². The molecular formula is C14H20O4. The first-order chi connectivity index (χ1) is 8.54. The minimum Gasteiger partial charge on any atom is -0.456 e. The molecule has 2 heterocycles. The Bertz CT molecular complexity index is 418. The van der Waals surface area contributed by atoms with Gasteiger partial charge in [0.15, 0.2) is 0 Å². The largest absolute Gasteiger partial charge is 0.456 e. The molecule has 2 saturated heterocycles. The van der Waals surface area contributed by atoms with E-state index in [1.165, 1.54) is 0 Å². The molecule has 0 aromatic rings. The Morgan fingerprint density at radius 2 is 1.89 bits per heavy atom. The molecule has 0 aromatic carbocycles. The van der Waals surface area contributed by atoms with Crippen LogP contribution in [0.15, 0.2) is 0 Å². The summed E-state index contributed by atoms with van der Waals surface area (Å²) in [6, 6.07) is 0. The monoisotopic (exact) mass is 252 g/mol. The van der Waals surface area contributed by atoms with Crippen molar-refractivity contribution in [1.82, 2.24) is 0 Å². The van der Waals surface area contributed by atoms with Crippen LogP contribution in [0.1, 0.15) is 46.5 Å². The summed E-state index contributed by atoms with van der Waals surface area (Å²) >= 11 is 0. The highest BCUT2D eigenvalue weighted by Crippen LogP contribution is 2.63. The first-order valence-corrected chi connectivity index (χ1v) is 7.01. The molecule has 5 unspecified atom stereocenters. The van der Waals surface area contributed by atoms with Crippen LogP contribution in [0.4, 0.5) is 0 Å². The molecule has 3 rings (SSSR count). The number of hydrogen-bond acceptors (Lipinski definition) is 4. The first kappa shape index (κ1) is 12.0. The average Bonchev–Trinajstić information content (AvgIpc) is 2.93. The zero-order chi connectivity index (χ0) is 13.1. The fraction of sp³-hybridized carbons (Fsp3) is 0.857. The Hall–Kier alpha value is -1.06. The van der Waals surface area contributed by atoms with E-state index < -0.39 is 11.2 Å². The lowest BCUT2D eigenvalue weighted by molar-refractivity contribution is -0.170. The van der Waals surface area contributed by atoms with Gasteiger partial charge in [-0.25, -0.2) is 4.79 Å². The molecule has 4 nitrogen and oxygen atoms in total. The number of ether oxygens (including phenoxy) is 2. The van der Waals surface area contributed by atoms with Crippen LogP contribution < -0.4 is 0 Å². The lowest BCUT2D eigenvalue weighted by Gasteiger charge is -2.27. The van der Waals surface area contributed by atoms with E-state index in [4.69, 9.17) is 9.47 Å². The molecular weight excluding hydrogens is 232 g/mol. The van der Waals surface area contributed by atoms with Gasteiger partial charge in [-0.1, -0.05) is 27.2 Å². The first-order valence-electron chi connectivity index (χ1n) is 7.01. The Labute approximate surface area is 107 Å². The maximum atomic E-state index is 12.2. The van der Waals surface area contributed by atoms with Gasteiger partial charge in [-0.05, 0) is 25.2 Å². The molecule has 0 N–H and O–H groups in total. The standard InChI is InChI=1S/C14H20O4/c1-4-8-7-13(5-2)10-9(8)11(15)17-14(10,6-3)12(16)18-13/h8-10H,4-7H2,1-3H3. The maximum Gasteiger partial charge on any atom is 0.351 e. The molecule has 3 fully saturated rings. The number of hydrogen-bond donors (Lipinski definition) is 0. The Morgan fingerprint density at radius 3 is 2.44 bits per heavy atom.